The van der Waals surface area contributed by atoms with Gasteiger partial charge in [-0.2, -0.15) is 0 Å². The van der Waals surface area contributed by atoms with Crippen molar-refractivity contribution in [3.8, 4) is 0 Å². The van der Waals surface area contributed by atoms with E-state index in [9.17, 15) is 0 Å². The maximum absolute atomic E-state index is 3.56. The Kier molecular flexibility index (Phi) is 1.93. The maximum Gasteiger partial charge on any atom is 0.0459 e. The van der Waals surface area contributed by atoms with E-state index in [1.165, 1.54) is 27.7 Å². The molecule has 2 N–H and O–H groups in total. The van der Waals surface area contributed by atoms with Gasteiger partial charge in [0.15, 0.2) is 0 Å². The van der Waals surface area contributed by atoms with Gasteiger partial charge in [-0.1, -0.05) is 11.6 Å². The molecule has 1 aromatic heterocycles. The fourth-order valence-corrected chi connectivity index (χ4v) is 2.60. The first kappa shape index (κ1) is 9.91. The molecule has 0 atom stereocenters. The third-order valence-electron chi connectivity index (χ3n) is 3.51. The molecule has 0 bridgehead atoms. The Hall–Kier alpha value is -1.28. The van der Waals surface area contributed by atoms with E-state index in [-0.39, 0.29) is 5.54 Å². The van der Waals surface area contributed by atoms with Gasteiger partial charge in [0.2, 0.25) is 0 Å². The van der Waals surface area contributed by atoms with Crippen molar-refractivity contribution >= 4 is 10.9 Å². The minimum Gasteiger partial charge on any atom is -0.357 e. The van der Waals surface area contributed by atoms with Crippen molar-refractivity contribution < 1.29 is 0 Å². The SMILES string of the molecule is Cc1ccc2[nH]c3c(c2c1)CC(C)(C)NC3. The minimum atomic E-state index is 0.214. The molecule has 0 amide bonds. The summed E-state index contributed by atoms with van der Waals surface area (Å²) in [6.45, 7) is 7.65. The quantitative estimate of drug-likeness (QED) is 0.693. The molecule has 0 spiro atoms. The van der Waals surface area contributed by atoms with Gasteiger partial charge in [-0.05, 0) is 44.9 Å². The van der Waals surface area contributed by atoms with Crippen LogP contribution in [0.2, 0.25) is 0 Å². The van der Waals surface area contributed by atoms with Crippen molar-refractivity contribution in [3.63, 3.8) is 0 Å². The Bertz CT molecular complexity index is 549. The van der Waals surface area contributed by atoms with Gasteiger partial charge in [-0.3, -0.25) is 0 Å². The van der Waals surface area contributed by atoms with Crippen molar-refractivity contribution in [2.24, 2.45) is 0 Å². The second-order valence-corrected chi connectivity index (χ2v) is 5.55. The molecule has 2 heteroatoms. The third kappa shape index (κ3) is 1.45. The predicted molar refractivity (Wildman–Crippen MR) is 67.7 cm³/mol. The number of benzene rings is 1. The van der Waals surface area contributed by atoms with Crippen LogP contribution in [0.3, 0.4) is 0 Å². The van der Waals surface area contributed by atoms with E-state index < -0.39 is 0 Å². The normalized spacial score (nSPS) is 18.7. The molecular weight excluding hydrogens is 196 g/mol. The number of rotatable bonds is 0. The van der Waals surface area contributed by atoms with Gasteiger partial charge in [0.1, 0.15) is 0 Å². The summed E-state index contributed by atoms with van der Waals surface area (Å²) in [6, 6.07) is 6.66. The molecule has 0 radical (unpaired) electrons. The lowest BCUT2D eigenvalue weighted by atomic mass is 9.89. The monoisotopic (exact) mass is 214 g/mol. The van der Waals surface area contributed by atoms with Crippen molar-refractivity contribution in [1.29, 1.82) is 0 Å². The lowest BCUT2D eigenvalue weighted by Crippen LogP contribution is -2.44. The molecule has 0 aliphatic carbocycles. The Labute approximate surface area is 96.1 Å². The molecule has 2 nitrogen and oxygen atoms in total. The number of aromatic nitrogens is 1. The summed E-state index contributed by atoms with van der Waals surface area (Å²) in [5.74, 6) is 0. The summed E-state index contributed by atoms with van der Waals surface area (Å²) in [4.78, 5) is 3.52. The zero-order valence-corrected chi connectivity index (χ0v) is 10.1. The Morgan fingerprint density at radius 1 is 1.25 bits per heavy atom. The third-order valence-corrected chi connectivity index (χ3v) is 3.51. The summed E-state index contributed by atoms with van der Waals surface area (Å²) < 4.78 is 0. The fourth-order valence-electron chi connectivity index (χ4n) is 2.60. The lowest BCUT2D eigenvalue weighted by Gasteiger charge is -2.31. The first-order valence-electron chi connectivity index (χ1n) is 5.90. The van der Waals surface area contributed by atoms with Crippen LogP contribution in [0.4, 0.5) is 0 Å². The van der Waals surface area contributed by atoms with E-state index in [2.05, 4.69) is 49.3 Å². The summed E-state index contributed by atoms with van der Waals surface area (Å²) >= 11 is 0. The molecule has 0 saturated heterocycles. The molecule has 2 heterocycles. The summed E-state index contributed by atoms with van der Waals surface area (Å²) in [5.41, 5.74) is 5.69. The number of hydrogen-bond donors (Lipinski definition) is 2. The first-order valence-corrected chi connectivity index (χ1v) is 5.90. The average Bonchev–Trinajstić information content (AvgIpc) is 2.55. The minimum absolute atomic E-state index is 0.214. The summed E-state index contributed by atoms with van der Waals surface area (Å²) in [6.07, 6.45) is 1.10. The molecule has 0 saturated carbocycles. The maximum atomic E-state index is 3.56. The number of fused-ring (bicyclic) bond motifs is 3. The highest BCUT2D eigenvalue weighted by Crippen LogP contribution is 2.30. The Morgan fingerprint density at radius 3 is 2.88 bits per heavy atom. The van der Waals surface area contributed by atoms with E-state index >= 15 is 0 Å². The van der Waals surface area contributed by atoms with Crippen molar-refractivity contribution in [2.45, 2.75) is 39.3 Å². The van der Waals surface area contributed by atoms with Gasteiger partial charge in [0, 0.05) is 28.7 Å². The molecule has 1 aliphatic heterocycles. The van der Waals surface area contributed by atoms with Crippen molar-refractivity contribution in [2.75, 3.05) is 0 Å². The van der Waals surface area contributed by atoms with Gasteiger partial charge in [-0.25, -0.2) is 0 Å². The van der Waals surface area contributed by atoms with E-state index in [0.717, 1.165) is 13.0 Å². The van der Waals surface area contributed by atoms with Crippen LogP contribution >= 0.6 is 0 Å². The van der Waals surface area contributed by atoms with E-state index in [0.29, 0.717) is 0 Å². The van der Waals surface area contributed by atoms with E-state index in [1.54, 1.807) is 0 Å². The van der Waals surface area contributed by atoms with E-state index in [1.807, 2.05) is 0 Å². The lowest BCUT2D eigenvalue weighted by molar-refractivity contribution is 0.361. The van der Waals surface area contributed by atoms with Gasteiger partial charge in [0.05, 0.1) is 0 Å². The number of H-pyrrole nitrogens is 1. The molecule has 2 aromatic rings. The molecule has 0 unspecified atom stereocenters. The number of aromatic amines is 1. The highest BCUT2D eigenvalue weighted by molar-refractivity contribution is 5.85. The van der Waals surface area contributed by atoms with Crippen LogP contribution in [0.25, 0.3) is 10.9 Å². The Morgan fingerprint density at radius 2 is 2.06 bits per heavy atom. The van der Waals surface area contributed by atoms with Crippen LogP contribution < -0.4 is 5.32 Å². The molecule has 0 fully saturated rings. The van der Waals surface area contributed by atoms with Crippen LogP contribution in [0.1, 0.15) is 30.7 Å². The topological polar surface area (TPSA) is 27.8 Å². The number of nitrogens with one attached hydrogen (secondary N) is 2. The number of hydrogen-bond acceptors (Lipinski definition) is 1. The second-order valence-electron chi connectivity index (χ2n) is 5.55. The van der Waals surface area contributed by atoms with Crippen molar-refractivity contribution in [1.82, 2.24) is 10.3 Å². The molecular formula is C14H18N2. The predicted octanol–water partition coefficient (Wildman–Crippen LogP) is 2.90. The van der Waals surface area contributed by atoms with Gasteiger partial charge < -0.3 is 10.3 Å². The molecule has 1 aromatic carbocycles. The molecule has 1 aliphatic rings. The molecule has 16 heavy (non-hydrogen) atoms. The highest BCUT2D eigenvalue weighted by atomic mass is 15.0. The summed E-state index contributed by atoms with van der Waals surface area (Å²) in [5, 5.41) is 4.97. The zero-order valence-electron chi connectivity index (χ0n) is 10.1. The summed E-state index contributed by atoms with van der Waals surface area (Å²) in [7, 11) is 0. The second kappa shape index (κ2) is 3.11. The van der Waals surface area contributed by atoms with Crippen LogP contribution in [-0.2, 0) is 13.0 Å². The molecule has 3 rings (SSSR count). The number of aryl methyl sites for hydroxylation is 1. The van der Waals surface area contributed by atoms with Gasteiger partial charge >= 0.3 is 0 Å². The molecule has 84 valence electrons. The van der Waals surface area contributed by atoms with Gasteiger partial charge in [-0.15, -0.1) is 0 Å². The zero-order chi connectivity index (χ0) is 11.3. The van der Waals surface area contributed by atoms with Crippen LogP contribution in [0, 0.1) is 6.92 Å². The van der Waals surface area contributed by atoms with E-state index in [4.69, 9.17) is 0 Å². The van der Waals surface area contributed by atoms with Crippen LogP contribution in [-0.4, -0.2) is 10.5 Å². The first-order chi connectivity index (χ1) is 7.55. The fraction of sp³-hybridized carbons (Fsp3) is 0.429. The van der Waals surface area contributed by atoms with Crippen LogP contribution in [0.15, 0.2) is 18.2 Å². The standard InChI is InChI=1S/C14H18N2/c1-9-4-5-12-10(6-9)11-7-14(2,3)15-8-13(11)16-12/h4-6,15-16H,7-8H2,1-3H3. The largest absolute Gasteiger partial charge is 0.357 e. The average molecular weight is 214 g/mol. The van der Waals surface area contributed by atoms with Gasteiger partial charge in [0.25, 0.3) is 0 Å². The van der Waals surface area contributed by atoms with Crippen LogP contribution in [0.5, 0.6) is 0 Å². The Balaban J connectivity index is 2.23. The van der Waals surface area contributed by atoms with Crippen molar-refractivity contribution in [3.05, 3.63) is 35.0 Å². The smallest absolute Gasteiger partial charge is 0.0459 e. The highest BCUT2D eigenvalue weighted by Gasteiger charge is 2.27.